The zero-order valence-electron chi connectivity index (χ0n) is 12.4. The molecule has 0 fully saturated rings. The van der Waals surface area contributed by atoms with Crippen molar-refractivity contribution in [2.45, 2.75) is 31.5 Å². The van der Waals surface area contributed by atoms with Gasteiger partial charge in [0.25, 0.3) is 0 Å². The zero-order chi connectivity index (χ0) is 15.2. The molecule has 0 N–H and O–H groups in total. The maximum Gasteiger partial charge on any atom is 0.133 e. The summed E-state index contributed by atoms with van der Waals surface area (Å²) < 4.78 is 6.70. The number of hydrogen-bond acceptors (Lipinski definition) is 1. The molecule has 0 saturated carbocycles. The van der Waals surface area contributed by atoms with Crippen molar-refractivity contribution >= 4 is 31.9 Å². The average molecular weight is 412 g/mol. The van der Waals surface area contributed by atoms with Gasteiger partial charge in [0.1, 0.15) is 5.75 Å². The van der Waals surface area contributed by atoms with Crippen LogP contribution in [0.15, 0.2) is 46.9 Å². The van der Waals surface area contributed by atoms with Gasteiger partial charge in [0.15, 0.2) is 0 Å². The van der Waals surface area contributed by atoms with E-state index in [4.69, 9.17) is 4.74 Å². The first kappa shape index (κ1) is 16.6. The minimum atomic E-state index is 0.194. The largest absolute Gasteiger partial charge is 0.492 e. The highest BCUT2D eigenvalue weighted by atomic mass is 79.9. The molecular formula is C18H20Br2O. The molecule has 0 spiro atoms. The molecule has 0 aliphatic rings. The Bertz CT molecular complexity index is 578. The molecule has 0 heterocycles. The second kappa shape index (κ2) is 8.00. The molecular weight excluding hydrogens is 392 g/mol. The summed E-state index contributed by atoms with van der Waals surface area (Å²) in [6.07, 6.45) is 2.08. The Morgan fingerprint density at radius 1 is 1.00 bits per heavy atom. The van der Waals surface area contributed by atoms with Crippen LogP contribution in [0.4, 0.5) is 0 Å². The summed E-state index contributed by atoms with van der Waals surface area (Å²) in [5.41, 5.74) is 3.85. The maximum absolute atomic E-state index is 5.69. The van der Waals surface area contributed by atoms with Crippen molar-refractivity contribution in [1.29, 1.82) is 0 Å². The molecule has 1 nitrogen and oxygen atoms in total. The van der Waals surface area contributed by atoms with Crippen LogP contribution in [-0.2, 0) is 6.42 Å². The van der Waals surface area contributed by atoms with E-state index in [1.165, 1.54) is 16.7 Å². The molecule has 1 atom stereocenters. The Morgan fingerprint density at radius 3 is 2.24 bits per heavy atom. The van der Waals surface area contributed by atoms with Gasteiger partial charge >= 0.3 is 0 Å². The fraction of sp³-hybridized carbons (Fsp3) is 0.333. The number of aryl methyl sites for hydroxylation is 1. The molecule has 0 radical (unpaired) electrons. The van der Waals surface area contributed by atoms with Gasteiger partial charge in [0, 0.05) is 0 Å². The third-order valence-corrected chi connectivity index (χ3v) is 5.07. The van der Waals surface area contributed by atoms with Crippen LogP contribution in [0.2, 0.25) is 0 Å². The van der Waals surface area contributed by atoms with Gasteiger partial charge in [0.2, 0.25) is 0 Å². The molecule has 2 aromatic carbocycles. The van der Waals surface area contributed by atoms with Crippen LogP contribution >= 0.6 is 31.9 Å². The fourth-order valence-corrected chi connectivity index (χ4v) is 3.22. The monoisotopic (exact) mass is 410 g/mol. The summed E-state index contributed by atoms with van der Waals surface area (Å²) >= 11 is 7.39. The summed E-state index contributed by atoms with van der Waals surface area (Å²) in [5, 5.41) is 0. The van der Waals surface area contributed by atoms with Gasteiger partial charge < -0.3 is 4.74 Å². The zero-order valence-corrected chi connectivity index (χ0v) is 15.6. The lowest BCUT2D eigenvalue weighted by atomic mass is 10.0. The molecule has 0 bridgehead atoms. The van der Waals surface area contributed by atoms with Gasteiger partial charge in [-0.05, 0) is 57.6 Å². The van der Waals surface area contributed by atoms with Crippen LogP contribution in [0, 0.1) is 0 Å². The molecule has 0 aliphatic carbocycles. The van der Waals surface area contributed by atoms with Gasteiger partial charge in [-0.25, -0.2) is 0 Å². The van der Waals surface area contributed by atoms with E-state index in [2.05, 4.69) is 82.1 Å². The van der Waals surface area contributed by atoms with E-state index in [0.29, 0.717) is 0 Å². The van der Waals surface area contributed by atoms with Crippen LogP contribution in [-0.4, -0.2) is 6.61 Å². The van der Waals surface area contributed by atoms with E-state index >= 15 is 0 Å². The summed E-state index contributed by atoms with van der Waals surface area (Å²) in [7, 11) is 0. The SMILES string of the molecule is CCCOc1ccc(C(Br)c2ccc(CC)cc2)cc1Br. The smallest absolute Gasteiger partial charge is 0.133 e. The number of benzene rings is 2. The van der Waals surface area contributed by atoms with Gasteiger partial charge in [-0.3, -0.25) is 0 Å². The molecule has 2 rings (SSSR count). The van der Waals surface area contributed by atoms with Crippen LogP contribution in [0.25, 0.3) is 0 Å². The number of alkyl halides is 1. The lowest BCUT2D eigenvalue weighted by Gasteiger charge is -2.14. The van der Waals surface area contributed by atoms with Gasteiger partial charge in [-0.2, -0.15) is 0 Å². The van der Waals surface area contributed by atoms with Crippen molar-refractivity contribution < 1.29 is 4.74 Å². The van der Waals surface area contributed by atoms with Gasteiger partial charge in [-0.1, -0.05) is 60.1 Å². The summed E-state index contributed by atoms with van der Waals surface area (Å²) in [5.74, 6) is 0.904. The first-order valence-electron chi connectivity index (χ1n) is 7.30. The number of hydrogen-bond donors (Lipinski definition) is 0. The average Bonchev–Trinajstić information content (AvgIpc) is 2.53. The molecule has 0 amide bonds. The molecule has 112 valence electrons. The summed E-state index contributed by atoms with van der Waals surface area (Å²) in [6.45, 7) is 5.03. The van der Waals surface area contributed by atoms with Crippen molar-refractivity contribution in [2.75, 3.05) is 6.61 Å². The van der Waals surface area contributed by atoms with Crippen LogP contribution in [0.5, 0.6) is 5.75 Å². The van der Waals surface area contributed by atoms with E-state index in [1.54, 1.807) is 0 Å². The van der Waals surface area contributed by atoms with E-state index in [-0.39, 0.29) is 4.83 Å². The minimum Gasteiger partial charge on any atom is -0.492 e. The standard InChI is InChI=1S/C18H20Br2O/c1-3-11-21-17-10-9-15(12-16(17)19)18(20)14-7-5-13(4-2)6-8-14/h5-10,12,18H,3-4,11H2,1-2H3. The van der Waals surface area contributed by atoms with Crippen molar-refractivity contribution in [3.05, 3.63) is 63.6 Å². The molecule has 3 heteroatoms. The molecule has 21 heavy (non-hydrogen) atoms. The second-order valence-corrected chi connectivity index (χ2v) is 6.77. The normalized spacial score (nSPS) is 12.2. The first-order chi connectivity index (χ1) is 10.2. The highest BCUT2D eigenvalue weighted by molar-refractivity contribution is 9.10. The lowest BCUT2D eigenvalue weighted by Crippen LogP contribution is -1.98. The van der Waals surface area contributed by atoms with Crippen LogP contribution in [0.3, 0.4) is 0 Å². The Morgan fingerprint density at radius 2 is 1.67 bits per heavy atom. The predicted octanol–water partition coefficient (Wildman–Crippen LogP) is 6.28. The Labute approximate surface area is 144 Å². The van der Waals surface area contributed by atoms with E-state index < -0.39 is 0 Å². The molecule has 0 saturated heterocycles. The van der Waals surface area contributed by atoms with Crippen molar-refractivity contribution in [3.8, 4) is 5.75 Å². The lowest BCUT2D eigenvalue weighted by molar-refractivity contribution is 0.315. The van der Waals surface area contributed by atoms with Crippen LogP contribution in [0.1, 0.15) is 41.8 Å². The minimum absolute atomic E-state index is 0.194. The third-order valence-electron chi connectivity index (χ3n) is 3.39. The third kappa shape index (κ3) is 4.33. The number of halogens is 2. The Balaban J connectivity index is 2.18. The molecule has 0 aliphatic heterocycles. The second-order valence-electron chi connectivity index (χ2n) is 5.00. The molecule has 2 aromatic rings. The predicted molar refractivity (Wildman–Crippen MR) is 96.5 cm³/mol. The Hall–Kier alpha value is -0.800. The fourth-order valence-electron chi connectivity index (χ4n) is 2.12. The highest BCUT2D eigenvalue weighted by Crippen LogP contribution is 2.35. The van der Waals surface area contributed by atoms with Crippen molar-refractivity contribution in [1.82, 2.24) is 0 Å². The van der Waals surface area contributed by atoms with Gasteiger partial charge in [-0.15, -0.1) is 0 Å². The molecule has 1 unspecified atom stereocenters. The highest BCUT2D eigenvalue weighted by Gasteiger charge is 2.12. The Kier molecular flexibility index (Phi) is 6.31. The number of rotatable bonds is 6. The van der Waals surface area contributed by atoms with Crippen molar-refractivity contribution in [3.63, 3.8) is 0 Å². The van der Waals surface area contributed by atoms with Gasteiger partial charge in [0.05, 0.1) is 15.9 Å². The number of ether oxygens (including phenoxy) is 1. The maximum atomic E-state index is 5.69. The quantitative estimate of drug-likeness (QED) is 0.508. The van der Waals surface area contributed by atoms with E-state index in [1.807, 2.05) is 6.07 Å². The summed E-state index contributed by atoms with van der Waals surface area (Å²) in [6, 6.07) is 15.0. The van der Waals surface area contributed by atoms with E-state index in [0.717, 1.165) is 29.7 Å². The summed E-state index contributed by atoms with van der Waals surface area (Å²) in [4.78, 5) is 0.194. The molecule has 0 aromatic heterocycles. The first-order valence-corrected chi connectivity index (χ1v) is 9.01. The van der Waals surface area contributed by atoms with Crippen LogP contribution < -0.4 is 4.74 Å². The van der Waals surface area contributed by atoms with Crippen molar-refractivity contribution in [2.24, 2.45) is 0 Å². The topological polar surface area (TPSA) is 9.23 Å². The van der Waals surface area contributed by atoms with E-state index in [9.17, 15) is 0 Å².